The topological polar surface area (TPSA) is 505 Å². The van der Waals surface area contributed by atoms with Gasteiger partial charge in [-0.05, 0) is 0 Å². The molecule has 32 nitrogen and oxygen atoms in total. The number of ether oxygens (including phenoxy) is 12. The zero-order chi connectivity index (χ0) is 49.5. The molecule has 0 aliphatic carbocycles. The number of nitrogens with two attached hydrogens (primary N) is 2. The van der Waals surface area contributed by atoms with Crippen LogP contribution in [0.3, 0.4) is 0 Å². The molecular weight excluding hydrogens is 940 g/mol. The molecule has 22 saturated heterocycles. The van der Waals surface area contributed by atoms with Crippen molar-refractivity contribution in [2.45, 2.75) is 184 Å². The number of hydrogen-bond donors (Lipinski definition) is 18. The lowest BCUT2D eigenvalue weighted by Crippen LogP contribution is -2.69. The molecule has 22 aliphatic heterocycles. The Morgan fingerprint density at radius 1 is 0.250 bits per heavy atom. The summed E-state index contributed by atoms with van der Waals surface area (Å²) in [6.45, 7) is -5.89. The van der Waals surface area contributed by atoms with E-state index in [-0.39, 0.29) is 0 Å². The first-order valence-electron chi connectivity index (χ1n) is 21.5. The minimum atomic E-state index is -2.15. The predicted molar refractivity (Wildman–Crippen MR) is 202 cm³/mol. The summed E-state index contributed by atoms with van der Waals surface area (Å²) in [5.74, 6) is 11.1. The maximum atomic E-state index is 11.4. The van der Waals surface area contributed by atoms with Crippen LogP contribution >= 0.6 is 0 Å². The molecule has 0 aromatic carbocycles. The minimum Gasteiger partial charge on any atom is -0.394 e. The van der Waals surface area contributed by atoms with E-state index < -0.39 is 224 Å². The fourth-order valence-corrected chi connectivity index (χ4v) is 9.21. The van der Waals surface area contributed by atoms with Gasteiger partial charge >= 0.3 is 0 Å². The summed E-state index contributed by atoms with van der Waals surface area (Å²) in [5.41, 5.74) is 0. The second-order valence-electron chi connectivity index (χ2n) is 17.1. The molecular formula is C36H62N2O30. The predicted octanol–water partition coefficient (Wildman–Crippen LogP) is -13.3. The van der Waals surface area contributed by atoms with Crippen molar-refractivity contribution in [3.8, 4) is 0 Å². The van der Waals surface area contributed by atoms with Crippen molar-refractivity contribution in [2.75, 3.05) is 39.6 Å². The van der Waals surface area contributed by atoms with Gasteiger partial charge in [0.15, 0.2) is 37.7 Å². The van der Waals surface area contributed by atoms with Gasteiger partial charge < -0.3 is 139 Å². The van der Waals surface area contributed by atoms with Gasteiger partial charge in [-0.15, -0.1) is 0 Å². The Bertz CT molecular complexity index is 1550. The molecule has 0 radical (unpaired) electrons. The third-order valence-electron chi connectivity index (χ3n) is 12.9. The van der Waals surface area contributed by atoms with E-state index in [1.807, 2.05) is 0 Å². The molecule has 0 spiro atoms. The summed E-state index contributed by atoms with van der Waals surface area (Å²) in [6.07, 6.45) is -56.9. The van der Waals surface area contributed by atoms with Crippen LogP contribution in [0.25, 0.3) is 0 Å². The van der Waals surface area contributed by atoms with Crippen molar-refractivity contribution in [2.24, 2.45) is 11.8 Å². The van der Waals surface area contributed by atoms with Gasteiger partial charge in [0.25, 0.3) is 0 Å². The number of aliphatic hydroxyl groups excluding tert-OH is 16. The van der Waals surface area contributed by atoms with Crippen molar-refractivity contribution in [3.05, 3.63) is 0 Å². The smallest absolute Gasteiger partial charge is 0.187 e. The van der Waals surface area contributed by atoms with E-state index in [0.29, 0.717) is 0 Å². The number of hydrogen-bond acceptors (Lipinski definition) is 32. The van der Waals surface area contributed by atoms with Crippen LogP contribution in [-0.4, -0.2) is 306 Å². The SMILES string of the molecule is NO[C@@H]1[C@@H](O)[C@H]2O[C@@H]3[C@H](ON)[C@@H](O)[C@@H](O[C@H]4[C@H](O)[C@@H](O)[C@@H](O[C@H]5[C@H](O)[C@@H](O)[C@@H](O[C@H]6[C@H](O)[C@@H](O)[C@@H](O[C@H]7[C@H](O)[C@@H](O)[C@@H](O[C@H]1[C@@H](CO)O2)O[C@@H]7CO)O[C@@H]6CO)O[C@@H]5CO)O[C@@H]4CO)O[C@@H]3CO. The summed E-state index contributed by atoms with van der Waals surface area (Å²) in [4.78, 5) is 9.99. The highest BCUT2D eigenvalue weighted by molar-refractivity contribution is 5.01. The van der Waals surface area contributed by atoms with Crippen LogP contribution in [0.5, 0.6) is 0 Å². The Morgan fingerprint density at radius 2 is 0.426 bits per heavy atom. The van der Waals surface area contributed by atoms with Crippen molar-refractivity contribution >= 4 is 0 Å². The van der Waals surface area contributed by atoms with Gasteiger partial charge in [0.1, 0.15) is 146 Å². The molecule has 22 fully saturated rings. The molecule has 30 atom stereocenters. The van der Waals surface area contributed by atoms with Crippen LogP contribution in [0.15, 0.2) is 0 Å². The summed E-state index contributed by atoms with van der Waals surface area (Å²) in [5, 5.41) is 175. The van der Waals surface area contributed by atoms with Crippen molar-refractivity contribution in [1.82, 2.24) is 0 Å². The lowest BCUT2D eigenvalue weighted by atomic mass is 9.94. The van der Waals surface area contributed by atoms with Crippen LogP contribution in [0.4, 0.5) is 0 Å². The third kappa shape index (κ3) is 10.4. The molecule has 22 rings (SSSR count). The van der Waals surface area contributed by atoms with Gasteiger partial charge in [-0.2, -0.15) is 0 Å². The summed E-state index contributed by atoms with van der Waals surface area (Å²) >= 11 is 0. The standard InChI is InChI=1S/C36H62N2O30/c37-67-29-21(53)35-59-12(6-44)28(29)66-36-22(54)30(68-38)27(11(5-43)60-36)65-34-20(52)16(48)25(9(3-41)58-34)63-32-18(50)14(46)23(7(1-39)56-32)61-31-17(49)13(45)24(8(2-40)55-31)62-33-19(51)15(47)26(64-35)10(4-42)57-33/h7-36,39-54H,1-6,37-38H2/t7-,8-,9-,10-,11-,12-,13-,14-,15-,16-,17-,18-,19-,20-,21-,22-,23-,24-,25-,26-,27+,28+,29-,30-,31-,32-,33-,34-,35-,36-/m1/s1. The largest absolute Gasteiger partial charge is 0.394 e. The molecule has 0 saturated carbocycles. The van der Waals surface area contributed by atoms with Gasteiger partial charge in [0.05, 0.1) is 39.6 Å². The minimum absolute atomic E-state index is 0.960. The fraction of sp³-hybridized carbons (Fsp3) is 1.00. The first-order chi connectivity index (χ1) is 32.5. The zero-order valence-corrected chi connectivity index (χ0v) is 35.6. The Morgan fingerprint density at radius 3 is 0.618 bits per heavy atom. The molecule has 0 unspecified atom stereocenters. The fourth-order valence-electron chi connectivity index (χ4n) is 9.21. The van der Waals surface area contributed by atoms with E-state index in [1.165, 1.54) is 0 Å². The lowest BCUT2D eigenvalue weighted by molar-refractivity contribution is -0.406. The van der Waals surface area contributed by atoms with E-state index in [0.717, 1.165) is 0 Å². The molecule has 32 heteroatoms. The molecule has 0 amide bonds. The first kappa shape index (κ1) is 54.5. The molecule has 0 aromatic rings. The Hall–Kier alpha value is -1.28. The average Bonchev–Trinajstić information content (AvgIpc) is 3.33. The van der Waals surface area contributed by atoms with Gasteiger partial charge in [-0.3, -0.25) is 9.68 Å². The molecule has 12 bridgehead atoms. The van der Waals surface area contributed by atoms with Crippen LogP contribution in [0.1, 0.15) is 0 Å². The van der Waals surface area contributed by atoms with Crippen LogP contribution in [0, 0.1) is 0 Å². The summed E-state index contributed by atoms with van der Waals surface area (Å²) in [7, 11) is 0. The van der Waals surface area contributed by atoms with E-state index in [1.54, 1.807) is 0 Å². The molecule has 396 valence electrons. The maximum absolute atomic E-state index is 11.4. The van der Waals surface area contributed by atoms with E-state index in [9.17, 15) is 81.7 Å². The highest BCUT2D eigenvalue weighted by Crippen LogP contribution is 2.38. The molecule has 20 N–H and O–H groups in total. The van der Waals surface area contributed by atoms with Gasteiger partial charge in [0.2, 0.25) is 0 Å². The van der Waals surface area contributed by atoms with Crippen LogP contribution in [0.2, 0.25) is 0 Å². The molecule has 22 heterocycles. The Labute approximate surface area is 383 Å². The van der Waals surface area contributed by atoms with Gasteiger partial charge in [-0.1, -0.05) is 0 Å². The quantitative estimate of drug-likeness (QED) is 0.100. The normalized spacial score (nSPS) is 54.1. The maximum Gasteiger partial charge on any atom is 0.187 e. The summed E-state index contributed by atoms with van der Waals surface area (Å²) < 4.78 is 68.9. The Kier molecular flexibility index (Phi) is 18.7. The number of rotatable bonds is 8. The van der Waals surface area contributed by atoms with E-state index in [4.69, 9.17) is 78.3 Å². The molecule has 68 heavy (non-hydrogen) atoms. The van der Waals surface area contributed by atoms with Crippen LogP contribution in [-0.2, 0) is 66.5 Å². The summed E-state index contributed by atoms with van der Waals surface area (Å²) in [6, 6.07) is 0. The van der Waals surface area contributed by atoms with Gasteiger partial charge in [0, 0.05) is 0 Å². The van der Waals surface area contributed by atoms with Crippen molar-refractivity contribution < 1.29 is 148 Å². The second kappa shape index (κ2) is 23.3. The van der Waals surface area contributed by atoms with Crippen molar-refractivity contribution in [3.63, 3.8) is 0 Å². The van der Waals surface area contributed by atoms with E-state index in [2.05, 4.69) is 0 Å². The third-order valence-corrected chi connectivity index (χ3v) is 12.9. The molecule has 22 aliphatic rings. The monoisotopic (exact) mass is 1000 g/mol. The van der Waals surface area contributed by atoms with Crippen LogP contribution < -0.4 is 11.8 Å². The van der Waals surface area contributed by atoms with E-state index >= 15 is 0 Å². The van der Waals surface area contributed by atoms with Crippen molar-refractivity contribution in [1.29, 1.82) is 0 Å². The number of aliphatic hydroxyl groups is 16. The van der Waals surface area contributed by atoms with Gasteiger partial charge in [-0.25, -0.2) is 11.8 Å². The second-order valence-corrected chi connectivity index (χ2v) is 17.1. The first-order valence-corrected chi connectivity index (χ1v) is 21.5. The highest BCUT2D eigenvalue weighted by Gasteiger charge is 2.59. The Balaban J connectivity index is 1.21. The zero-order valence-electron chi connectivity index (χ0n) is 35.6. The average molecular weight is 1000 g/mol. The molecule has 0 aromatic heterocycles. The lowest BCUT2D eigenvalue weighted by Gasteiger charge is -2.51. The highest BCUT2D eigenvalue weighted by atomic mass is 16.8.